The molecule has 1 heterocycles. The minimum atomic E-state index is -1.15. The predicted octanol–water partition coefficient (Wildman–Crippen LogP) is 2.58. The van der Waals surface area contributed by atoms with Crippen LogP contribution in [0.3, 0.4) is 0 Å². The standard InChI is InChI=1S/C14H13F2N3O4/c1-8(14(20)17-7-10-3-2-4-23-10)18-13-11(15)5-9(19(21)22)6-12(13)16/h2-6,8,18H,7H2,1H3,(H,17,20). The molecule has 0 saturated heterocycles. The van der Waals surface area contributed by atoms with Gasteiger partial charge in [-0.1, -0.05) is 0 Å². The summed E-state index contributed by atoms with van der Waals surface area (Å²) in [5, 5.41) is 15.4. The number of halogens is 2. The van der Waals surface area contributed by atoms with Gasteiger partial charge in [0.25, 0.3) is 5.69 Å². The van der Waals surface area contributed by atoms with E-state index in [9.17, 15) is 23.7 Å². The number of hydrogen-bond donors (Lipinski definition) is 2. The number of nitrogens with one attached hydrogen (secondary N) is 2. The Bertz CT molecular complexity index is 696. The summed E-state index contributed by atoms with van der Waals surface area (Å²) in [5.41, 5.74) is -1.31. The maximum absolute atomic E-state index is 13.8. The van der Waals surface area contributed by atoms with Crippen molar-refractivity contribution in [3.63, 3.8) is 0 Å². The van der Waals surface area contributed by atoms with Crippen LogP contribution >= 0.6 is 0 Å². The zero-order chi connectivity index (χ0) is 17.0. The molecular formula is C14H13F2N3O4. The molecule has 1 aromatic carbocycles. The first-order valence-electron chi connectivity index (χ1n) is 6.58. The maximum atomic E-state index is 13.8. The second-order valence-electron chi connectivity index (χ2n) is 4.70. The number of non-ortho nitro benzene ring substituents is 1. The van der Waals surface area contributed by atoms with Crippen LogP contribution in [0.25, 0.3) is 0 Å². The van der Waals surface area contributed by atoms with E-state index >= 15 is 0 Å². The summed E-state index contributed by atoms with van der Waals surface area (Å²) in [6, 6.07) is 3.52. The highest BCUT2D eigenvalue weighted by atomic mass is 19.1. The molecule has 0 bridgehead atoms. The Hall–Kier alpha value is -2.97. The first-order valence-corrected chi connectivity index (χ1v) is 6.58. The van der Waals surface area contributed by atoms with Gasteiger partial charge in [0, 0.05) is 0 Å². The van der Waals surface area contributed by atoms with Crippen molar-refractivity contribution in [2.24, 2.45) is 0 Å². The van der Waals surface area contributed by atoms with Gasteiger partial charge in [-0.15, -0.1) is 0 Å². The van der Waals surface area contributed by atoms with Crippen LogP contribution in [0, 0.1) is 21.7 Å². The second-order valence-corrected chi connectivity index (χ2v) is 4.70. The first kappa shape index (κ1) is 16.4. The summed E-state index contributed by atoms with van der Waals surface area (Å²) < 4.78 is 32.5. The van der Waals surface area contributed by atoms with Crippen molar-refractivity contribution in [1.82, 2.24) is 5.32 Å². The topological polar surface area (TPSA) is 97.4 Å². The van der Waals surface area contributed by atoms with Crippen molar-refractivity contribution in [2.45, 2.75) is 19.5 Å². The largest absolute Gasteiger partial charge is 0.467 e. The minimum absolute atomic E-state index is 0.128. The van der Waals surface area contributed by atoms with Crippen molar-refractivity contribution >= 4 is 17.3 Å². The lowest BCUT2D eigenvalue weighted by atomic mass is 10.2. The number of carbonyl (C=O) groups is 1. The number of hydrogen-bond acceptors (Lipinski definition) is 5. The maximum Gasteiger partial charge on any atom is 0.275 e. The minimum Gasteiger partial charge on any atom is -0.467 e. The number of nitro groups is 1. The number of nitrogens with zero attached hydrogens (tertiary/aromatic N) is 1. The van der Waals surface area contributed by atoms with Crippen LogP contribution in [0.4, 0.5) is 20.2 Å². The summed E-state index contributed by atoms with van der Waals surface area (Å²) in [6.07, 6.45) is 1.45. The monoisotopic (exact) mass is 325 g/mol. The lowest BCUT2D eigenvalue weighted by Crippen LogP contribution is -2.37. The smallest absolute Gasteiger partial charge is 0.275 e. The first-order chi connectivity index (χ1) is 10.9. The summed E-state index contributed by atoms with van der Waals surface area (Å²) in [7, 11) is 0. The molecule has 0 spiro atoms. The van der Waals surface area contributed by atoms with Crippen LogP contribution in [0.2, 0.25) is 0 Å². The van der Waals surface area contributed by atoms with Gasteiger partial charge in [-0.2, -0.15) is 0 Å². The van der Waals surface area contributed by atoms with Crippen LogP contribution in [-0.2, 0) is 11.3 Å². The number of nitro benzene ring substituents is 1. The highest BCUT2D eigenvalue weighted by Crippen LogP contribution is 2.25. The molecule has 1 amide bonds. The molecular weight excluding hydrogens is 312 g/mol. The van der Waals surface area contributed by atoms with Crippen molar-refractivity contribution in [2.75, 3.05) is 5.32 Å². The van der Waals surface area contributed by atoms with Crippen molar-refractivity contribution in [1.29, 1.82) is 0 Å². The molecule has 0 radical (unpaired) electrons. The zero-order valence-corrected chi connectivity index (χ0v) is 12.0. The molecule has 0 fully saturated rings. The molecule has 0 aliphatic rings. The fourth-order valence-electron chi connectivity index (χ4n) is 1.83. The van der Waals surface area contributed by atoms with E-state index in [0.29, 0.717) is 17.9 Å². The molecule has 122 valence electrons. The van der Waals surface area contributed by atoms with Gasteiger partial charge in [0.2, 0.25) is 5.91 Å². The van der Waals surface area contributed by atoms with Crippen LogP contribution in [0.1, 0.15) is 12.7 Å². The third kappa shape index (κ3) is 4.02. The Kier molecular flexibility index (Phi) is 4.89. The fourth-order valence-corrected chi connectivity index (χ4v) is 1.83. The van der Waals surface area contributed by atoms with Gasteiger partial charge in [0.1, 0.15) is 17.5 Å². The zero-order valence-electron chi connectivity index (χ0n) is 12.0. The molecule has 0 aliphatic heterocycles. The Morgan fingerprint density at radius 3 is 2.57 bits per heavy atom. The average Bonchev–Trinajstić information content (AvgIpc) is 3.01. The number of carbonyl (C=O) groups excluding carboxylic acids is 1. The highest BCUT2D eigenvalue weighted by molar-refractivity contribution is 5.84. The molecule has 2 rings (SSSR count). The van der Waals surface area contributed by atoms with Gasteiger partial charge in [0.05, 0.1) is 29.9 Å². The van der Waals surface area contributed by atoms with Gasteiger partial charge >= 0.3 is 0 Å². The van der Waals surface area contributed by atoms with Gasteiger partial charge in [-0.3, -0.25) is 14.9 Å². The Labute approximate surface area is 129 Å². The van der Waals surface area contributed by atoms with E-state index in [1.54, 1.807) is 12.1 Å². The lowest BCUT2D eigenvalue weighted by molar-refractivity contribution is -0.385. The normalized spacial score (nSPS) is 11.8. The summed E-state index contributed by atoms with van der Waals surface area (Å²) in [6.45, 7) is 1.53. The van der Waals surface area contributed by atoms with Gasteiger partial charge in [0.15, 0.2) is 11.6 Å². The fraction of sp³-hybridized carbons (Fsp3) is 0.214. The van der Waals surface area contributed by atoms with E-state index in [1.165, 1.54) is 13.2 Å². The number of benzene rings is 1. The van der Waals surface area contributed by atoms with E-state index in [0.717, 1.165) is 0 Å². The molecule has 9 heteroatoms. The molecule has 7 nitrogen and oxygen atoms in total. The third-order valence-electron chi connectivity index (χ3n) is 3.01. The Balaban J connectivity index is 2.03. The molecule has 23 heavy (non-hydrogen) atoms. The molecule has 1 atom stereocenters. The van der Waals surface area contributed by atoms with Crippen LogP contribution in [0.15, 0.2) is 34.9 Å². The molecule has 0 saturated carbocycles. The number of amides is 1. The number of anilines is 1. The quantitative estimate of drug-likeness (QED) is 0.628. The van der Waals surface area contributed by atoms with E-state index in [4.69, 9.17) is 4.42 Å². The third-order valence-corrected chi connectivity index (χ3v) is 3.01. The SMILES string of the molecule is CC(Nc1c(F)cc([N+](=O)[O-])cc1F)C(=O)NCc1ccco1. The average molecular weight is 325 g/mol. The van der Waals surface area contributed by atoms with Crippen LogP contribution in [0.5, 0.6) is 0 Å². The molecule has 1 unspecified atom stereocenters. The summed E-state index contributed by atoms with van der Waals surface area (Å²) in [5.74, 6) is -2.29. The molecule has 2 N–H and O–H groups in total. The Morgan fingerprint density at radius 1 is 1.39 bits per heavy atom. The van der Waals surface area contributed by atoms with Gasteiger partial charge in [-0.05, 0) is 19.1 Å². The number of furan rings is 1. The Morgan fingerprint density at radius 2 is 2.04 bits per heavy atom. The predicted molar refractivity (Wildman–Crippen MR) is 76.7 cm³/mol. The molecule has 0 aliphatic carbocycles. The van der Waals surface area contributed by atoms with Crippen molar-refractivity contribution < 1.29 is 22.9 Å². The van der Waals surface area contributed by atoms with Gasteiger partial charge < -0.3 is 15.1 Å². The molecule has 1 aromatic heterocycles. The number of rotatable bonds is 6. The lowest BCUT2D eigenvalue weighted by Gasteiger charge is -2.15. The molecule has 2 aromatic rings. The summed E-state index contributed by atoms with van der Waals surface area (Å²) in [4.78, 5) is 21.5. The van der Waals surface area contributed by atoms with Crippen LogP contribution in [-0.4, -0.2) is 16.9 Å². The second kappa shape index (κ2) is 6.86. The van der Waals surface area contributed by atoms with Crippen LogP contribution < -0.4 is 10.6 Å². The van der Waals surface area contributed by atoms with E-state index in [1.807, 2.05) is 0 Å². The van der Waals surface area contributed by atoms with E-state index in [2.05, 4.69) is 10.6 Å². The highest BCUT2D eigenvalue weighted by Gasteiger charge is 2.21. The summed E-state index contributed by atoms with van der Waals surface area (Å²) >= 11 is 0. The van der Waals surface area contributed by atoms with Crippen molar-refractivity contribution in [3.05, 3.63) is 58.0 Å². The van der Waals surface area contributed by atoms with Crippen molar-refractivity contribution in [3.8, 4) is 0 Å². The van der Waals surface area contributed by atoms with E-state index < -0.39 is 39.9 Å². The van der Waals surface area contributed by atoms with Gasteiger partial charge in [-0.25, -0.2) is 8.78 Å². The van der Waals surface area contributed by atoms with E-state index in [-0.39, 0.29) is 6.54 Å².